The fourth-order valence-electron chi connectivity index (χ4n) is 2.49. The average molecular weight is 247 g/mol. The Morgan fingerprint density at radius 2 is 2.28 bits per heavy atom. The van der Waals surface area contributed by atoms with Gasteiger partial charge >= 0.3 is 0 Å². The molecule has 1 saturated heterocycles. The third kappa shape index (κ3) is 2.64. The summed E-state index contributed by atoms with van der Waals surface area (Å²) in [4.78, 5) is 14.2. The topological polar surface area (TPSA) is 58.4 Å². The van der Waals surface area contributed by atoms with Crippen LogP contribution in [0.25, 0.3) is 0 Å². The molecule has 98 valence electrons. The van der Waals surface area contributed by atoms with Crippen LogP contribution >= 0.6 is 0 Å². The molecule has 1 aliphatic heterocycles. The number of aryl methyl sites for hydroxylation is 1. The largest absolute Gasteiger partial charge is 0.357 e. The number of nitrogens with two attached hydrogens (primary N) is 1. The standard InChI is InChI=1S/C14H21N3O/c1-10-4-3-5-12(8-10)17-9-11(2)16-14(18)13(17)6-7-15/h3-5,8,11,13H,6-7,9,15H2,1-2H3,(H,16,18). The summed E-state index contributed by atoms with van der Waals surface area (Å²) in [5, 5.41) is 2.99. The van der Waals surface area contributed by atoms with E-state index in [1.165, 1.54) is 5.56 Å². The minimum Gasteiger partial charge on any atom is -0.357 e. The van der Waals surface area contributed by atoms with Crippen molar-refractivity contribution in [1.82, 2.24) is 5.32 Å². The lowest BCUT2D eigenvalue weighted by Gasteiger charge is -2.40. The highest BCUT2D eigenvalue weighted by Gasteiger charge is 2.32. The van der Waals surface area contributed by atoms with Gasteiger partial charge in [0.05, 0.1) is 0 Å². The van der Waals surface area contributed by atoms with Gasteiger partial charge in [-0.05, 0) is 44.5 Å². The summed E-state index contributed by atoms with van der Waals surface area (Å²) in [5.74, 6) is 0.0840. The molecule has 2 atom stereocenters. The van der Waals surface area contributed by atoms with Crippen LogP contribution in [0.1, 0.15) is 18.9 Å². The lowest BCUT2D eigenvalue weighted by Crippen LogP contribution is -2.59. The molecule has 0 aliphatic carbocycles. The van der Waals surface area contributed by atoms with Crippen molar-refractivity contribution in [3.63, 3.8) is 0 Å². The molecule has 1 amide bonds. The number of hydrogen-bond acceptors (Lipinski definition) is 3. The van der Waals surface area contributed by atoms with Gasteiger partial charge in [0.2, 0.25) is 5.91 Å². The van der Waals surface area contributed by atoms with Crippen molar-refractivity contribution in [2.45, 2.75) is 32.4 Å². The van der Waals surface area contributed by atoms with Crippen molar-refractivity contribution in [2.75, 3.05) is 18.0 Å². The number of anilines is 1. The van der Waals surface area contributed by atoms with E-state index >= 15 is 0 Å². The van der Waals surface area contributed by atoms with Gasteiger partial charge in [-0.3, -0.25) is 4.79 Å². The van der Waals surface area contributed by atoms with Gasteiger partial charge < -0.3 is 16.0 Å². The van der Waals surface area contributed by atoms with Crippen molar-refractivity contribution >= 4 is 11.6 Å². The van der Waals surface area contributed by atoms with Crippen LogP contribution in [0.15, 0.2) is 24.3 Å². The van der Waals surface area contributed by atoms with Gasteiger partial charge in [0.1, 0.15) is 6.04 Å². The fraction of sp³-hybridized carbons (Fsp3) is 0.500. The number of carbonyl (C=O) groups is 1. The van der Waals surface area contributed by atoms with E-state index in [1.54, 1.807) is 0 Å². The highest BCUT2D eigenvalue weighted by Crippen LogP contribution is 2.22. The van der Waals surface area contributed by atoms with E-state index in [4.69, 9.17) is 5.73 Å². The molecule has 0 bridgehead atoms. The predicted octanol–water partition coefficient (Wildman–Crippen LogP) is 1.04. The van der Waals surface area contributed by atoms with Crippen molar-refractivity contribution < 1.29 is 4.79 Å². The summed E-state index contributed by atoms with van der Waals surface area (Å²) in [7, 11) is 0. The van der Waals surface area contributed by atoms with Crippen molar-refractivity contribution in [3.05, 3.63) is 29.8 Å². The summed E-state index contributed by atoms with van der Waals surface area (Å²) < 4.78 is 0. The summed E-state index contributed by atoms with van der Waals surface area (Å²) in [5.41, 5.74) is 7.93. The molecule has 1 heterocycles. The second kappa shape index (κ2) is 5.40. The molecule has 1 aromatic rings. The average Bonchev–Trinajstić information content (AvgIpc) is 2.32. The van der Waals surface area contributed by atoms with E-state index in [-0.39, 0.29) is 18.0 Å². The third-order valence-corrected chi connectivity index (χ3v) is 3.31. The highest BCUT2D eigenvalue weighted by molar-refractivity contribution is 5.87. The Bertz CT molecular complexity index is 433. The first kappa shape index (κ1) is 12.9. The first-order valence-electron chi connectivity index (χ1n) is 6.45. The molecule has 0 radical (unpaired) electrons. The summed E-state index contributed by atoms with van der Waals surface area (Å²) in [6, 6.07) is 8.30. The Balaban J connectivity index is 2.28. The van der Waals surface area contributed by atoms with Crippen LogP contribution in [0.4, 0.5) is 5.69 Å². The molecule has 0 aromatic heterocycles. The monoisotopic (exact) mass is 247 g/mol. The zero-order valence-corrected chi connectivity index (χ0v) is 11.0. The van der Waals surface area contributed by atoms with E-state index in [0.717, 1.165) is 12.2 Å². The lowest BCUT2D eigenvalue weighted by molar-refractivity contribution is -0.124. The van der Waals surface area contributed by atoms with E-state index in [0.29, 0.717) is 13.0 Å². The Morgan fingerprint density at radius 1 is 1.50 bits per heavy atom. The lowest BCUT2D eigenvalue weighted by atomic mass is 10.0. The van der Waals surface area contributed by atoms with Crippen LogP contribution in [-0.4, -0.2) is 31.1 Å². The molecular formula is C14H21N3O. The molecular weight excluding hydrogens is 226 g/mol. The van der Waals surface area contributed by atoms with Crippen LogP contribution < -0.4 is 16.0 Å². The minimum atomic E-state index is -0.145. The first-order chi connectivity index (χ1) is 8.61. The third-order valence-electron chi connectivity index (χ3n) is 3.31. The van der Waals surface area contributed by atoms with Crippen molar-refractivity contribution in [3.8, 4) is 0 Å². The van der Waals surface area contributed by atoms with Gasteiger partial charge in [-0.1, -0.05) is 12.1 Å². The van der Waals surface area contributed by atoms with Gasteiger partial charge in [-0.15, -0.1) is 0 Å². The molecule has 18 heavy (non-hydrogen) atoms. The molecule has 4 nitrogen and oxygen atoms in total. The number of carbonyl (C=O) groups excluding carboxylic acids is 1. The number of rotatable bonds is 3. The number of benzene rings is 1. The molecule has 0 spiro atoms. The Hall–Kier alpha value is -1.55. The van der Waals surface area contributed by atoms with E-state index in [9.17, 15) is 4.79 Å². The fourth-order valence-corrected chi connectivity index (χ4v) is 2.49. The Morgan fingerprint density at radius 3 is 2.94 bits per heavy atom. The smallest absolute Gasteiger partial charge is 0.243 e. The van der Waals surface area contributed by atoms with Crippen molar-refractivity contribution in [2.24, 2.45) is 5.73 Å². The molecule has 4 heteroatoms. The van der Waals surface area contributed by atoms with Crippen LogP contribution in [0.5, 0.6) is 0 Å². The zero-order valence-electron chi connectivity index (χ0n) is 11.0. The molecule has 2 rings (SSSR count). The maximum atomic E-state index is 12.1. The maximum absolute atomic E-state index is 12.1. The Kier molecular flexibility index (Phi) is 3.87. The quantitative estimate of drug-likeness (QED) is 0.839. The second-order valence-corrected chi connectivity index (χ2v) is 4.99. The molecule has 1 aliphatic rings. The van der Waals surface area contributed by atoms with E-state index < -0.39 is 0 Å². The van der Waals surface area contributed by atoms with Gasteiger partial charge in [-0.2, -0.15) is 0 Å². The van der Waals surface area contributed by atoms with Crippen molar-refractivity contribution in [1.29, 1.82) is 0 Å². The molecule has 3 N–H and O–H groups in total. The number of nitrogens with zero attached hydrogens (tertiary/aromatic N) is 1. The Labute approximate surface area is 108 Å². The normalized spacial score (nSPS) is 23.9. The SMILES string of the molecule is Cc1cccc(N2CC(C)NC(=O)C2CCN)c1. The summed E-state index contributed by atoms with van der Waals surface area (Å²) >= 11 is 0. The van der Waals surface area contributed by atoms with Gasteiger partial charge in [-0.25, -0.2) is 0 Å². The number of hydrogen-bond donors (Lipinski definition) is 2. The highest BCUT2D eigenvalue weighted by atomic mass is 16.2. The van der Waals surface area contributed by atoms with Crippen LogP contribution in [0, 0.1) is 6.92 Å². The van der Waals surface area contributed by atoms with Crippen LogP contribution in [0.2, 0.25) is 0 Å². The summed E-state index contributed by atoms with van der Waals surface area (Å²) in [6.45, 7) is 5.45. The first-order valence-corrected chi connectivity index (χ1v) is 6.45. The maximum Gasteiger partial charge on any atom is 0.243 e. The number of nitrogens with one attached hydrogen (secondary N) is 1. The van der Waals surface area contributed by atoms with Gasteiger partial charge in [0, 0.05) is 18.3 Å². The molecule has 0 saturated carbocycles. The zero-order chi connectivity index (χ0) is 13.1. The second-order valence-electron chi connectivity index (χ2n) is 4.99. The number of piperazine rings is 1. The summed E-state index contributed by atoms with van der Waals surface area (Å²) in [6.07, 6.45) is 0.687. The van der Waals surface area contributed by atoms with E-state index in [1.807, 2.05) is 13.0 Å². The molecule has 1 fully saturated rings. The molecule has 1 aromatic carbocycles. The predicted molar refractivity (Wildman–Crippen MR) is 73.6 cm³/mol. The van der Waals surface area contributed by atoms with E-state index in [2.05, 4.69) is 35.3 Å². The number of amides is 1. The minimum absolute atomic E-state index is 0.0840. The van der Waals surface area contributed by atoms with Gasteiger partial charge in [0.25, 0.3) is 0 Å². The van der Waals surface area contributed by atoms with Crippen LogP contribution in [0.3, 0.4) is 0 Å². The van der Waals surface area contributed by atoms with Crippen LogP contribution in [-0.2, 0) is 4.79 Å². The van der Waals surface area contributed by atoms with Gasteiger partial charge in [0.15, 0.2) is 0 Å². The molecule has 2 unspecified atom stereocenters.